The molecule has 2 aromatic carbocycles. The van der Waals surface area contributed by atoms with Gasteiger partial charge in [0.15, 0.2) is 0 Å². The summed E-state index contributed by atoms with van der Waals surface area (Å²) >= 11 is 1.40. The first kappa shape index (κ1) is 19.7. The van der Waals surface area contributed by atoms with Crippen LogP contribution >= 0.6 is 11.3 Å². The minimum atomic E-state index is -0.200. The quantitative estimate of drug-likeness (QED) is 0.482. The van der Waals surface area contributed by atoms with Gasteiger partial charge in [-0.1, -0.05) is 41.2 Å². The Morgan fingerprint density at radius 2 is 1.77 bits per heavy atom. The second-order valence-corrected chi connectivity index (χ2v) is 7.69. The van der Waals surface area contributed by atoms with Crippen molar-refractivity contribution in [3.8, 4) is 22.1 Å². The van der Waals surface area contributed by atoms with Gasteiger partial charge in [0.1, 0.15) is 11.6 Å². The summed E-state index contributed by atoms with van der Waals surface area (Å²) in [6.07, 6.45) is 5.10. The molecule has 0 fully saturated rings. The molecule has 0 atom stereocenters. The summed E-state index contributed by atoms with van der Waals surface area (Å²) in [4.78, 5) is 25.3. The zero-order chi connectivity index (χ0) is 20.9. The van der Waals surface area contributed by atoms with Crippen LogP contribution in [0.3, 0.4) is 0 Å². The average Bonchev–Trinajstić information content (AvgIpc) is 3.26. The molecule has 2 heterocycles. The zero-order valence-corrected chi connectivity index (χ0v) is 17.4. The number of aryl methyl sites for hydroxylation is 2. The van der Waals surface area contributed by atoms with Crippen molar-refractivity contribution in [2.24, 2.45) is 0 Å². The highest BCUT2D eigenvalue weighted by Crippen LogP contribution is 2.30. The van der Waals surface area contributed by atoms with Crippen molar-refractivity contribution in [3.05, 3.63) is 88.9 Å². The van der Waals surface area contributed by atoms with Crippen molar-refractivity contribution >= 4 is 17.2 Å². The summed E-state index contributed by atoms with van der Waals surface area (Å²) in [5, 5.41) is 5.29. The maximum absolute atomic E-state index is 12.9. The summed E-state index contributed by atoms with van der Waals surface area (Å²) in [5.74, 6) is 1.06. The maximum atomic E-state index is 12.9. The highest BCUT2D eigenvalue weighted by molar-refractivity contribution is 7.11. The first-order chi connectivity index (χ1) is 14.6. The Balaban J connectivity index is 1.61. The lowest BCUT2D eigenvalue weighted by atomic mass is 10.0. The van der Waals surface area contributed by atoms with Crippen molar-refractivity contribution in [2.45, 2.75) is 20.4 Å². The Labute approximate surface area is 178 Å². The minimum absolute atomic E-state index is 0.200. The summed E-state index contributed by atoms with van der Waals surface area (Å²) < 4.78 is 5.88. The Kier molecular flexibility index (Phi) is 5.81. The van der Waals surface area contributed by atoms with E-state index in [2.05, 4.69) is 20.3 Å². The Morgan fingerprint density at radius 1 is 1.00 bits per heavy atom. The molecule has 30 heavy (non-hydrogen) atoms. The normalized spacial score (nSPS) is 10.6. The zero-order valence-electron chi connectivity index (χ0n) is 16.6. The molecule has 2 aromatic heterocycles. The largest absolute Gasteiger partial charge is 0.431 e. The Hall–Kier alpha value is -3.58. The number of aromatic nitrogens is 3. The van der Waals surface area contributed by atoms with E-state index < -0.39 is 0 Å². The second-order valence-electron chi connectivity index (χ2n) is 6.83. The Morgan fingerprint density at radius 3 is 2.47 bits per heavy atom. The predicted octanol–water partition coefficient (Wildman–Crippen LogP) is 4.94. The molecule has 4 rings (SSSR count). The van der Waals surface area contributed by atoms with Crippen LogP contribution in [0, 0.1) is 13.8 Å². The lowest BCUT2D eigenvalue weighted by Gasteiger charge is -2.11. The van der Waals surface area contributed by atoms with E-state index in [0.29, 0.717) is 28.9 Å². The molecular weight excluding hydrogens is 396 g/mol. The van der Waals surface area contributed by atoms with Gasteiger partial charge < -0.3 is 10.1 Å². The number of amides is 1. The lowest BCUT2D eigenvalue weighted by molar-refractivity contribution is 0.0950. The highest BCUT2D eigenvalue weighted by atomic mass is 32.1. The highest BCUT2D eigenvalue weighted by Gasteiger charge is 2.12. The number of carbonyl (C=O) groups excluding carboxylic acids is 1. The van der Waals surface area contributed by atoms with Gasteiger partial charge in [0.25, 0.3) is 11.1 Å². The third-order valence-corrected chi connectivity index (χ3v) is 5.10. The van der Waals surface area contributed by atoms with Gasteiger partial charge in [-0.05, 0) is 43.2 Å². The van der Waals surface area contributed by atoms with Crippen LogP contribution in [0.2, 0.25) is 0 Å². The summed E-state index contributed by atoms with van der Waals surface area (Å²) in [5.41, 5.74) is 4.42. The molecule has 0 bridgehead atoms. The van der Waals surface area contributed by atoms with Crippen molar-refractivity contribution in [1.29, 1.82) is 0 Å². The average molecular weight is 417 g/mol. The van der Waals surface area contributed by atoms with E-state index in [1.165, 1.54) is 16.9 Å². The van der Waals surface area contributed by atoms with E-state index in [-0.39, 0.29) is 5.91 Å². The number of rotatable bonds is 6. The van der Waals surface area contributed by atoms with Gasteiger partial charge in [-0.25, -0.2) is 15.0 Å². The van der Waals surface area contributed by atoms with Crippen molar-refractivity contribution in [3.63, 3.8) is 0 Å². The fourth-order valence-corrected chi connectivity index (χ4v) is 3.36. The van der Waals surface area contributed by atoms with E-state index in [4.69, 9.17) is 4.74 Å². The van der Waals surface area contributed by atoms with Crippen LogP contribution < -0.4 is 10.1 Å². The molecule has 150 valence electrons. The minimum Gasteiger partial charge on any atom is -0.431 e. The van der Waals surface area contributed by atoms with E-state index in [1.54, 1.807) is 24.7 Å². The third kappa shape index (κ3) is 4.87. The molecule has 0 saturated heterocycles. The molecule has 0 radical (unpaired) electrons. The molecule has 6 nitrogen and oxygen atoms in total. The van der Waals surface area contributed by atoms with Crippen molar-refractivity contribution < 1.29 is 9.53 Å². The summed E-state index contributed by atoms with van der Waals surface area (Å²) in [7, 11) is 0. The first-order valence-electron chi connectivity index (χ1n) is 9.42. The van der Waals surface area contributed by atoms with Crippen LogP contribution in [0.25, 0.3) is 11.1 Å². The van der Waals surface area contributed by atoms with E-state index in [0.717, 1.165) is 16.7 Å². The van der Waals surface area contributed by atoms with Gasteiger partial charge in [0.2, 0.25) is 0 Å². The third-order valence-electron chi connectivity index (χ3n) is 4.46. The fourth-order valence-electron chi connectivity index (χ4n) is 2.86. The Bertz CT molecular complexity index is 1140. The van der Waals surface area contributed by atoms with Crippen molar-refractivity contribution in [2.75, 3.05) is 0 Å². The molecule has 4 aromatic rings. The number of hydrogen-bond acceptors (Lipinski definition) is 6. The van der Waals surface area contributed by atoms with Gasteiger partial charge in [0, 0.05) is 41.6 Å². The van der Waals surface area contributed by atoms with Gasteiger partial charge >= 0.3 is 0 Å². The predicted molar refractivity (Wildman–Crippen MR) is 117 cm³/mol. The molecule has 0 aliphatic heterocycles. The maximum Gasteiger partial charge on any atom is 0.278 e. The number of hydrogen-bond donors (Lipinski definition) is 1. The molecule has 0 unspecified atom stereocenters. The number of nitrogens with one attached hydrogen (secondary N) is 1. The number of thiazole rings is 1. The van der Waals surface area contributed by atoms with Gasteiger partial charge in [-0.2, -0.15) is 0 Å². The van der Waals surface area contributed by atoms with Gasteiger partial charge in [-0.15, -0.1) is 0 Å². The monoisotopic (exact) mass is 416 g/mol. The molecule has 1 N–H and O–H groups in total. The van der Waals surface area contributed by atoms with E-state index in [9.17, 15) is 4.79 Å². The molecule has 1 amide bonds. The topological polar surface area (TPSA) is 77.0 Å². The van der Waals surface area contributed by atoms with E-state index in [1.807, 2.05) is 55.6 Å². The molecule has 0 aliphatic carbocycles. The number of ether oxygens (including phenoxy) is 1. The fraction of sp³-hybridized carbons (Fsp3) is 0.130. The van der Waals surface area contributed by atoms with Crippen LogP contribution in [0.5, 0.6) is 10.9 Å². The molecular formula is C23H20N4O2S. The van der Waals surface area contributed by atoms with Crippen LogP contribution in [0.4, 0.5) is 0 Å². The number of benzene rings is 2. The van der Waals surface area contributed by atoms with Crippen LogP contribution in [-0.4, -0.2) is 20.9 Å². The molecule has 0 saturated carbocycles. The smallest absolute Gasteiger partial charge is 0.278 e. The number of carbonyl (C=O) groups is 1. The van der Waals surface area contributed by atoms with E-state index >= 15 is 0 Å². The lowest BCUT2D eigenvalue weighted by Crippen LogP contribution is -2.23. The SMILES string of the molecule is Cc1ccc(-c2cc(Oc3nccs3)cc(C(=O)NCc3cnc(C)nc3)c2)cc1. The summed E-state index contributed by atoms with van der Waals surface area (Å²) in [6, 6.07) is 13.6. The van der Waals surface area contributed by atoms with Crippen LogP contribution in [0.15, 0.2) is 66.4 Å². The second kappa shape index (κ2) is 8.84. The van der Waals surface area contributed by atoms with Crippen LogP contribution in [-0.2, 0) is 6.54 Å². The van der Waals surface area contributed by atoms with Gasteiger partial charge in [-0.3, -0.25) is 4.79 Å². The number of nitrogens with zero attached hydrogens (tertiary/aromatic N) is 3. The van der Waals surface area contributed by atoms with Crippen molar-refractivity contribution in [1.82, 2.24) is 20.3 Å². The molecule has 0 aliphatic rings. The molecule has 0 spiro atoms. The molecule has 7 heteroatoms. The first-order valence-corrected chi connectivity index (χ1v) is 10.3. The summed E-state index contributed by atoms with van der Waals surface area (Å²) in [6.45, 7) is 4.21. The van der Waals surface area contributed by atoms with Gasteiger partial charge in [0.05, 0.1) is 0 Å². The standard InChI is InChI=1S/C23H20N4O2S/c1-15-3-5-18(6-4-15)19-9-20(11-21(10-19)29-23-24-7-8-30-23)22(28)27-14-17-12-25-16(2)26-13-17/h3-13H,14H2,1-2H3,(H,27,28). The van der Waals surface area contributed by atoms with Crippen LogP contribution in [0.1, 0.15) is 27.3 Å².